The predicted octanol–water partition coefficient (Wildman–Crippen LogP) is 7.27. The zero-order valence-electron chi connectivity index (χ0n) is 22.6. The van der Waals surface area contributed by atoms with Crippen molar-refractivity contribution < 1.29 is 46.2 Å². The van der Waals surface area contributed by atoms with Crippen LogP contribution in [0.15, 0.2) is 64.0 Å². The number of ether oxygens (including phenoxy) is 3. The van der Waals surface area contributed by atoms with Gasteiger partial charge in [0, 0.05) is 4.47 Å². The first-order chi connectivity index (χ1) is 20.4. The van der Waals surface area contributed by atoms with Gasteiger partial charge in [-0.2, -0.15) is 13.2 Å². The average molecular weight is 683 g/mol. The van der Waals surface area contributed by atoms with Gasteiger partial charge in [0.1, 0.15) is 24.7 Å². The fourth-order valence-corrected chi connectivity index (χ4v) is 5.19. The number of amides is 3. The van der Waals surface area contributed by atoms with Crippen LogP contribution in [0.25, 0.3) is 6.08 Å². The predicted molar refractivity (Wildman–Crippen MR) is 155 cm³/mol. The monoisotopic (exact) mass is 682 g/mol. The first kappa shape index (κ1) is 31.9. The number of benzene rings is 3. The molecule has 1 aliphatic heterocycles. The van der Waals surface area contributed by atoms with Crippen molar-refractivity contribution in [2.24, 2.45) is 0 Å². The molecule has 1 aliphatic rings. The van der Waals surface area contributed by atoms with Gasteiger partial charge in [0.25, 0.3) is 11.1 Å². The number of hydrogen-bond acceptors (Lipinski definition) is 7. The van der Waals surface area contributed by atoms with Crippen LogP contribution in [-0.4, -0.2) is 42.2 Å². The van der Waals surface area contributed by atoms with E-state index in [2.05, 4.69) is 21.2 Å². The molecule has 0 unspecified atom stereocenters. The van der Waals surface area contributed by atoms with Crippen molar-refractivity contribution in [3.8, 4) is 17.2 Å². The summed E-state index contributed by atoms with van der Waals surface area (Å²) in [5.41, 5.74) is -0.214. The maximum Gasteiger partial charge on any atom is 0.416 e. The Labute approximate surface area is 256 Å². The van der Waals surface area contributed by atoms with Gasteiger partial charge in [-0.25, -0.2) is 4.39 Å². The number of alkyl halides is 3. The van der Waals surface area contributed by atoms with Crippen LogP contribution in [0, 0.1) is 5.82 Å². The highest BCUT2D eigenvalue weighted by atomic mass is 79.9. The highest BCUT2D eigenvalue weighted by Crippen LogP contribution is 2.39. The number of hydrogen-bond donors (Lipinski definition) is 1. The molecule has 0 bridgehead atoms. The Balaban J connectivity index is 1.50. The second-order valence-electron chi connectivity index (χ2n) is 8.90. The Hall–Kier alpha value is -4.04. The summed E-state index contributed by atoms with van der Waals surface area (Å²) >= 11 is 4.02. The molecule has 0 radical (unpaired) electrons. The molecule has 226 valence electrons. The van der Waals surface area contributed by atoms with Gasteiger partial charge in [-0.1, -0.05) is 28.1 Å². The Morgan fingerprint density at radius 1 is 1.05 bits per heavy atom. The molecule has 4 rings (SSSR count). The second-order valence-corrected chi connectivity index (χ2v) is 10.7. The minimum atomic E-state index is -4.66. The Morgan fingerprint density at radius 3 is 2.47 bits per heavy atom. The maximum atomic E-state index is 13.5. The van der Waals surface area contributed by atoms with Crippen LogP contribution in [0.1, 0.15) is 23.6 Å². The Bertz CT molecular complexity index is 1600. The molecule has 3 amide bonds. The molecule has 14 heteroatoms. The third kappa shape index (κ3) is 7.87. The number of imide groups is 1. The zero-order valence-corrected chi connectivity index (χ0v) is 25.0. The van der Waals surface area contributed by atoms with Crippen molar-refractivity contribution in [1.82, 2.24) is 4.90 Å². The quantitative estimate of drug-likeness (QED) is 0.178. The lowest BCUT2D eigenvalue weighted by Crippen LogP contribution is -2.36. The summed E-state index contributed by atoms with van der Waals surface area (Å²) in [5.74, 6) is -1.41. The van der Waals surface area contributed by atoms with E-state index >= 15 is 0 Å². The van der Waals surface area contributed by atoms with Crippen LogP contribution in [0.4, 0.5) is 28.0 Å². The number of anilines is 1. The molecule has 1 heterocycles. The molecule has 3 aromatic carbocycles. The molecule has 1 N–H and O–H groups in total. The van der Waals surface area contributed by atoms with Crippen molar-refractivity contribution in [1.29, 1.82) is 0 Å². The molecule has 1 saturated heterocycles. The van der Waals surface area contributed by atoms with Gasteiger partial charge in [-0.3, -0.25) is 19.3 Å². The van der Waals surface area contributed by atoms with Gasteiger partial charge in [-0.15, -0.1) is 0 Å². The third-order valence-corrected chi connectivity index (χ3v) is 7.50. The zero-order chi connectivity index (χ0) is 31.3. The minimum Gasteiger partial charge on any atom is -0.495 e. The van der Waals surface area contributed by atoms with E-state index in [-0.39, 0.29) is 22.9 Å². The van der Waals surface area contributed by atoms with Gasteiger partial charge < -0.3 is 19.5 Å². The summed E-state index contributed by atoms with van der Waals surface area (Å²) < 4.78 is 70.0. The summed E-state index contributed by atoms with van der Waals surface area (Å²) in [4.78, 5) is 39.0. The smallest absolute Gasteiger partial charge is 0.416 e. The Morgan fingerprint density at radius 2 is 1.79 bits per heavy atom. The number of nitrogens with one attached hydrogen (secondary N) is 1. The van der Waals surface area contributed by atoms with Crippen molar-refractivity contribution in [3.63, 3.8) is 0 Å². The number of methoxy groups -OCH3 is 1. The first-order valence-corrected chi connectivity index (χ1v) is 14.1. The number of carbonyl (C=O) groups excluding carboxylic acids is 3. The summed E-state index contributed by atoms with van der Waals surface area (Å²) in [6.45, 7) is 1.39. The highest BCUT2D eigenvalue weighted by Gasteiger charge is 2.37. The van der Waals surface area contributed by atoms with Crippen molar-refractivity contribution >= 4 is 56.5 Å². The van der Waals surface area contributed by atoms with Crippen molar-refractivity contribution in [2.75, 3.05) is 25.6 Å². The van der Waals surface area contributed by atoms with Crippen molar-refractivity contribution in [3.05, 3.63) is 86.5 Å². The molecule has 0 saturated carbocycles. The van der Waals surface area contributed by atoms with E-state index < -0.39 is 41.2 Å². The molecule has 0 aromatic heterocycles. The van der Waals surface area contributed by atoms with E-state index in [1.807, 2.05) is 0 Å². The molecular weight excluding hydrogens is 660 g/mol. The van der Waals surface area contributed by atoms with E-state index in [9.17, 15) is 31.9 Å². The number of thioether (sulfide) groups is 1. The van der Waals surface area contributed by atoms with Crippen LogP contribution >= 0.6 is 27.7 Å². The second kappa shape index (κ2) is 13.5. The van der Waals surface area contributed by atoms with Crippen LogP contribution in [-0.2, 0) is 22.4 Å². The lowest BCUT2D eigenvalue weighted by atomic mass is 10.1. The SMILES string of the molecule is CCOc1cc(/C=C2\SC(=O)N(CC(=O)Nc3cc(C(F)(F)F)ccc3OC)C2=O)c(Br)cc1OCc1cccc(F)c1. The third-order valence-electron chi connectivity index (χ3n) is 5.91. The molecule has 0 aliphatic carbocycles. The van der Waals surface area contributed by atoms with Crippen LogP contribution in [0.2, 0.25) is 0 Å². The Kier molecular flexibility index (Phi) is 10.0. The van der Waals surface area contributed by atoms with Crippen LogP contribution in [0.3, 0.4) is 0 Å². The van der Waals surface area contributed by atoms with Gasteiger partial charge in [0.2, 0.25) is 5.91 Å². The molecule has 1 fully saturated rings. The topological polar surface area (TPSA) is 94.2 Å². The maximum absolute atomic E-state index is 13.5. The van der Waals surface area contributed by atoms with E-state index in [1.54, 1.807) is 31.2 Å². The summed E-state index contributed by atoms with van der Waals surface area (Å²) in [5, 5.41) is 1.54. The number of nitrogens with zero attached hydrogens (tertiary/aromatic N) is 1. The average Bonchev–Trinajstić information content (AvgIpc) is 3.20. The first-order valence-electron chi connectivity index (χ1n) is 12.5. The van der Waals surface area contributed by atoms with Gasteiger partial charge in [0.05, 0.1) is 29.9 Å². The minimum absolute atomic E-state index is 0.00558. The van der Waals surface area contributed by atoms with E-state index in [0.717, 1.165) is 12.1 Å². The number of carbonyl (C=O) groups is 3. The van der Waals surface area contributed by atoms with Gasteiger partial charge >= 0.3 is 6.18 Å². The molecule has 8 nitrogen and oxygen atoms in total. The van der Waals surface area contributed by atoms with Crippen LogP contribution < -0.4 is 19.5 Å². The van der Waals surface area contributed by atoms with Gasteiger partial charge in [-0.05, 0) is 78.4 Å². The normalized spacial score (nSPS) is 14.3. The van der Waals surface area contributed by atoms with Crippen molar-refractivity contribution in [2.45, 2.75) is 19.7 Å². The standard InChI is InChI=1S/C29H23BrF4N2O6S/c1-3-41-23-10-17(20(30)13-24(23)42-15-16-5-4-6-19(31)9-16)11-25-27(38)36(28(39)43-25)14-26(37)35-21-12-18(29(32,33)34)7-8-22(21)40-2/h4-13H,3,14-15H2,1-2H3,(H,35,37)/b25-11-. The largest absolute Gasteiger partial charge is 0.495 e. The molecule has 3 aromatic rings. The van der Waals surface area contributed by atoms with E-state index in [4.69, 9.17) is 14.2 Å². The highest BCUT2D eigenvalue weighted by molar-refractivity contribution is 9.10. The molecule has 0 atom stereocenters. The van der Waals surface area contributed by atoms with Crippen LogP contribution in [0.5, 0.6) is 17.2 Å². The fraction of sp³-hybridized carbons (Fsp3) is 0.207. The van der Waals surface area contributed by atoms with Gasteiger partial charge in [0.15, 0.2) is 11.5 Å². The summed E-state index contributed by atoms with van der Waals surface area (Å²) in [6.07, 6.45) is -3.23. The van der Waals surface area contributed by atoms with E-state index in [0.29, 0.717) is 56.4 Å². The van der Waals surface area contributed by atoms with E-state index in [1.165, 1.54) is 25.3 Å². The molecular formula is C29H23BrF4N2O6S. The number of halogens is 5. The summed E-state index contributed by atoms with van der Waals surface area (Å²) in [6, 6.07) is 11.7. The number of rotatable bonds is 10. The molecule has 43 heavy (non-hydrogen) atoms. The fourth-order valence-electron chi connectivity index (χ4n) is 3.92. The lowest BCUT2D eigenvalue weighted by molar-refractivity contribution is -0.137. The molecule has 0 spiro atoms. The summed E-state index contributed by atoms with van der Waals surface area (Å²) in [7, 11) is 1.22. The lowest BCUT2D eigenvalue weighted by Gasteiger charge is -2.16.